The van der Waals surface area contributed by atoms with Crippen molar-refractivity contribution in [3.05, 3.63) is 29.5 Å². The lowest BCUT2D eigenvalue weighted by Gasteiger charge is -2.27. The molecule has 0 aliphatic carbocycles. The molecule has 2 N–H and O–H groups in total. The van der Waals surface area contributed by atoms with Crippen molar-refractivity contribution in [1.82, 2.24) is 15.2 Å². The van der Waals surface area contributed by atoms with E-state index in [9.17, 15) is 9.59 Å². The third-order valence-corrected chi connectivity index (χ3v) is 5.65. The lowest BCUT2D eigenvalue weighted by Crippen LogP contribution is -2.37. The number of fused-ring (bicyclic) bond motifs is 3. The number of carbonyl (C=O) groups excluding carboxylic acids is 2. The first kappa shape index (κ1) is 18.8. The van der Waals surface area contributed by atoms with Crippen molar-refractivity contribution < 1.29 is 19.1 Å². The summed E-state index contributed by atoms with van der Waals surface area (Å²) in [7, 11) is 1.65. The highest BCUT2D eigenvalue weighted by Gasteiger charge is 2.24. The van der Waals surface area contributed by atoms with Crippen LogP contribution in [0, 0.1) is 0 Å². The van der Waals surface area contributed by atoms with Crippen LogP contribution in [0.5, 0.6) is 5.75 Å². The minimum atomic E-state index is -0.0848. The number of benzene rings is 1. The molecular weight excluding hydrogens is 358 g/mol. The van der Waals surface area contributed by atoms with Gasteiger partial charge in [0, 0.05) is 67.7 Å². The molecule has 7 nitrogen and oxygen atoms in total. The standard InChI is InChI=1S/C21H27N3O4/c1-27-14-4-5-18-16(11-14)17-13-24(9-8-19(17)23-18)21(26)7-6-20(25)22-12-15-3-2-10-28-15/h4-5,11,15,23H,2-3,6-10,12-13H2,1H3,(H,22,25). The van der Waals surface area contributed by atoms with Crippen LogP contribution in [0.2, 0.25) is 0 Å². The van der Waals surface area contributed by atoms with Gasteiger partial charge >= 0.3 is 0 Å². The molecule has 0 spiro atoms. The Bertz CT molecular complexity index is 870. The summed E-state index contributed by atoms with van der Waals surface area (Å²) in [6.45, 7) is 2.55. The molecule has 28 heavy (non-hydrogen) atoms. The molecule has 2 aliphatic rings. The third kappa shape index (κ3) is 3.99. The van der Waals surface area contributed by atoms with Crippen LogP contribution >= 0.6 is 0 Å². The van der Waals surface area contributed by atoms with E-state index in [1.54, 1.807) is 7.11 Å². The SMILES string of the molecule is COc1ccc2[nH]c3c(c2c1)CN(C(=O)CCC(=O)NCC1CCCO1)CC3. The first-order chi connectivity index (χ1) is 13.6. The summed E-state index contributed by atoms with van der Waals surface area (Å²) in [6, 6.07) is 5.96. The molecule has 1 unspecified atom stereocenters. The molecule has 3 heterocycles. The Hall–Kier alpha value is -2.54. The number of carbonyl (C=O) groups is 2. The molecule has 2 aliphatic heterocycles. The van der Waals surface area contributed by atoms with Crippen LogP contribution in [-0.4, -0.2) is 54.6 Å². The molecule has 1 atom stereocenters. The number of H-pyrrole nitrogens is 1. The predicted octanol–water partition coefficient (Wildman–Crippen LogP) is 2.14. The normalized spacial score (nSPS) is 18.9. The summed E-state index contributed by atoms with van der Waals surface area (Å²) >= 11 is 0. The molecule has 4 rings (SSSR count). The Morgan fingerprint density at radius 1 is 1.36 bits per heavy atom. The van der Waals surface area contributed by atoms with Crippen LogP contribution in [0.4, 0.5) is 0 Å². The summed E-state index contributed by atoms with van der Waals surface area (Å²) in [5.41, 5.74) is 3.39. The van der Waals surface area contributed by atoms with Crippen LogP contribution in [-0.2, 0) is 27.3 Å². The van der Waals surface area contributed by atoms with Gasteiger partial charge in [-0.15, -0.1) is 0 Å². The van der Waals surface area contributed by atoms with E-state index >= 15 is 0 Å². The molecule has 1 fully saturated rings. The van der Waals surface area contributed by atoms with Crippen molar-refractivity contribution in [2.24, 2.45) is 0 Å². The van der Waals surface area contributed by atoms with Gasteiger partial charge in [0.2, 0.25) is 11.8 Å². The van der Waals surface area contributed by atoms with Crippen LogP contribution in [0.3, 0.4) is 0 Å². The van der Waals surface area contributed by atoms with E-state index in [0.29, 0.717) is 19.6 Å². The Kier molecular flexibility index (Phi) is 5.52. The van der Waals surface area contributed by atoms with E-state index in [0.717, 1.165) is 48.1 Å². The highest BCUT2D eigenvalue weighted by molar-refractivity contribution is 5.88. The number of nitrogens with zero attached hydrogens (tertiary/aromatic N) is 1. The fraction of sp³-hybridized carbons (Fsp3) is 0.524. The predicted molar refractivity (Wildman–Crippen MR) is 105 cm³/mol. The minimum Gasteiger partial charge on any atom is -0.497 e. The average Bonchev–Trinajstić information content (AvgIpc) is 3.37. The molecular formula is C21H27N3O4. The molecule has 2 aromatic rings. The lowest BCUT2D eigenvalue weighted by atomic mass is 10.0. The van der Waals surface area contributed by atoms with Crippen molar-refractivity contribution in [1.29, 1.82) is 0 Å². The molecule has 1 aromatic carbocycles. The lowest BCUT2D eigenvalue weighted by molar-refractivity contribution is -0.134. The number of ether oxygens (including phenoxy) is 2. The summed E-state index contributed by atoms with van der Waals surface area (Å²) in [4.78, 5) is 30.0. The van der Waals surface area contributed by atoms with E-state index in [-0.39, 0.29) is 30.8 Å². The van der Waals surface area contributed by atoms with Crippen molar-refractivity contribution in [2.45, 2.75) is 44.8 Å². The highest BCUT2D eigenvalue weighted by atomic mass is 16.5. The average molecular weight is 385 g/mol. The second kappa shape index (κ2) is 8.22. The monoisotopic (exact) mass is 385 g/mol. The van der Waals surface area contributed by atoms with Crippen LogP contribution in [0.1, 0.15) is 36.9 Å². The van der Waals surface area contributed by atoms with Gasteiger partial charge in [-0.3, -0.25) is 9.59 Å². The van der Waals surface area contributed by atoms with Crippen LogP contribution in [0.15, 0.2) is 18.2 Å². The van der Waals surface area contributed by atoms with Gasteiger partial charge in [0.05, 0.1) is 13.2 Å². The molecule has 0 saturated carbocycles. The number of hydrogen-bond donors (Lipinski definition) is 2. The molecule has 150 valence electrons. The third-order valence-electron chi connectivity index (χ3n) is 5.65. The minimum absolute atomic E-state index is 0.0233. The van der Waals surface area contributed by atoms with E-state index in [2.05, 4.69) is 10.3 Å². The van der Waals surface area contributed by atoms with Gasteiger partial charge in [-0.1, -0.05) is 0 Å². The number of aromatic amines is 1. The number of hydrogen-bond acceptors (Lipinski definition) is 4. The zero-order valence-electron chi connectivity index (χ0n) is 16.3. The molecule has 7 heteroatoms. The summed E-state index contributed by atoms with van der Waals surface area (Å²) in [6.07, 6.45) is 3.41. The van der Waals surface area contributed by atoms with Gasteiger partial charge in [0.15, 0.2) is 0 Å². The van der Waals surface area contributed by atoms with Crippen molar-refractivity contribution in [2.75, 3.05) is 26.8 Å². The fourth-order valence-electron chi connectivity index (χ4n) is 4.03. The Labute approximate surface area is 164 Å². The molecule has 2 amide bonds. The van der Waals surface area contributed by atoms with Crippen LogP contribution in [0.25, 0.3) is 10.9 Å². The molecule has 1 aromatic heterocycles. The molecule has 1 saturated heterocycles. The molecule has 0 bridgehead atoms. The maximum atomic E-state index is 12.6. The second-order valence-corrected chi connectivity index (χ2v) is 7.50. The fourth-order valence-corrected chi connectivity index (χ4v) is 4.03. The topological polar surface area (TPSA) is 83.7 Å². The van der Waals surface area contributed by atoms with E-state index in [4.69, 9.17) is 9.47 Å². The van der Waals surface area contributed by atoms with Gasteiger partial charge in [0.25, 0.3) is 0 Å². The molecule has 0 radical (unpaired) electrons. The Morgan fingerprint density at radius 3 is 3.04 bits per heavy atom. The first-order valence-corrected chi connectivity index (χ1v) is 9.97. The van der Waals surface area contributed by atoms with Gasteiger partial charge in [-0.25, -0.2) is 0 Å². The Morgan fingerprint density at radius 2 is 2.25 bits per heavy atom. The number of methoxy groups -OCH3 is 1. The zero-order valence-corrected chi connectivity index (χ0v) is 16.3. The van der Waals surface area contributed by atoms with Crippen molar-refractivity contribution >= 4 is 22.7 Å². The van der Waals surface area contributed by atoms with Crippen molar-refractivity contribution in [3.63, 3.8) is 0 Å². The second-order valence-electron chi connectivity index (χ2n) is 7.50. The van der Waals surface area contributed by atoms with Crippen molar-refractivity contribution in [3.8, 4) is 5.75 Å². The number of aromatic nitrogens is 1. The van der Waals surface area contributed by atoms with Gasteiger partial charge in [-0.05, 0) is 31.0 Å². The number of amides is 2. The summed E-state index contributed by atoms with van der Waals surface area (Å²) in [5, 5.41) is 3.98. The summed E-state index contributed by atoms with van der Waals surface area (Å²) in [5.74, 6) is 0.745. The quantitative estimate of drug-likeness (QED) is 0.798. The maximum absolute atomic E-state index is 12.6. The Balaban J connectivity index is 1.33. The number of rotatable bonds is 6. The van der Waals surface area contributed by atoms with Gasteiger partial charge in [0.1, 0.15) is 5.75 Å². The smallest absolute Gasteiger partial charge is 0.223 e. The van der Waals surface area contributed by atoms with Gasteiger partial charge < -0.3 is 24.7 Å². The van der Waals surface area contributed by atoms with E-state index < -0.39 is 0 Å². The van der Waals surface area contributed by atoms with Crippen LogP contribution < -0.4 is 10.1 Å². The van der Waals surface area contributed by atoms with E-state index in [1.165, 1.54) is 5.69 Å². The summed E-state index contributed by atoms with van der Waals surface area (Å²) < 4.78 is 10.8. The first-order valence-electron chi connectivity index (χ1n) is 9.97. The zero-order chi connectivity index (χ0) is 19.5. The maximum Gasteiger partial charge on any atom is 0.223 e. The highest BCUT2D eigenvalue weighted by Crippen LogP contribution is 2.30. The van der Waals surface area contributed by atoms with Gasteiger partial charge in [-0.2, -0.15) is 0 Å². The largest absolute Gasteiger partial charge is 0.497 e. The van der Waals surface area contributed by atoms with E-state index in [1.807, 2.05) is 23.1 Å². The number of nitrogens with one attached hydrogen (secondary N) is 2.